The van der Waals surface area contributed by atoms with Crippen molar-refractivity contribution in [3.05, 3.63) is 93.6 Å². The molecule has 2 heterocycles. The Morgan fingerprint density at radius 2 is 1.97 bits per heavy atom. The van der Waals surface area contributed by atoms with Crippen LogP contribution in [0.1, 0.15) is 21.6 Å². The van der Waals surface area contributed by atoms with Crippen LogP contribution >= 0.6 is 23.2 Å². The summed E-state index contributed by atoms with van der Waals surface area (Å²) in [5, 5.41) is 11.7. The Kier molecular flexibility index (Phi) is 5.97. The number of aryl methyl sites for hydroxylation is 1. The van der Waals surface area contributed by atoms with Crippen molar-refractivity contribution in [3.63, 3.8) is 0 Å². The van der Waals surface area contributed by atoms with Gasteiger partial charge in [-0.15, -0.1) is 5.10 Å². The Hall–Kier alpha value is -3.29. The van der Waals surface area contributed by atoms with Gasteiger partial charge < -0.3 is 5.32 Å². The molecule has 0 aliphatic carbocycles. The van der Waals surface area contributed by atoms with Gasteiger partial charge in [0.05, 0.1) is 23.3 Å². The summed E-state index contributed by atoms with van der Waals surface area (Å²) in [5.41, 5.74) is 3.21. The minimum absolute atomic E-state index is 0.148. The van der Waals surface area contributed by atoms with Gasteiger partial charge >= 0.3 is 0 Å². The van der Waals surface area contributed by atoms with Crippen LogP contribution in [-0.2, 0) is 6.54 Å². The molecule has 0 radical (unpaired) electrons. The number of carbonyl (C=O) groups excluding carboxylic acids is 1. The molecule has 156 valence electrons. The third-order valence-electron chi connectivity index (χ3n) is 4.62. The number of pyridine rings is 1. The summed E-state index contributed by atoms with van der Waals surface area (Å²) in [5.74, 6) is -0.153. The molecule has 0 atom stereocenters. The Balaban J connectivity index is 1.50. The lowest BCUT2D eigenvalue weighted by molar-refractivity contribution is 0.0950. The van der Waals surface area contributed by atoms with E-state index in [1.165, 1.54) is 16.8 Å². The summed E-state index contributed by atoms with van der Waals surface area (Å²) in [7, 11) is 0. The van der Waals surface area contributed by atoms with Crippen molar-refractivity contribution >= 4 is 29.1 Å². The fraction of sp³-hybridized carbons (Fsp3) is 0.0909. The minimum atomic E-state index is -0.359. The van der Waals surface area contributed by atoms with E-state index in [4.69, 9.17) is 23.2 Å². The predicted octanol–water partition coefficient (Wildman–Crippen LogP) is 5.01. The first kappa shape index (κ1) is 21.0. The summed E-state index contributed by atoms with van der Waals surface area (Å²) in [4.78, 5) is 16.9. The lowest BCUT2D eigenvalue weighted by atomic mass is 9.98. The van der Waals surface area contributed by atoms with Crippen LogP contribution < -0.4 is 5.32 Å². The number of halogens is 3. The highest BCUT2D eigenvalue weighted by Gasteiger charge is 2.14. The van der Waals surface area contributed by atoms with E-state index in [9.17, 15) is 9.18 Å². The molecule has 0 bridgehead atoms. The van der Waals surface area contributed by atoms with E-state index in [-0.39, 0.29) is 18.3 Å². The van der Waals surface area contributed by atoms with Crippen molar-refractivity contribution in [1.82, 2.24) is 25.3 Å². The molecule has 1 amide bonds. The number of hydrogen-bond acceptors (Lipinski definition) is 4. The van der Waals surface area contributed by atoms with E-state index in [1.54, 1.807) is 48.8 Å². The quantitative estimate of drug-likeness (QED) is 0.458. The number of aromatic nitrogens is 4. The molecule has 1 N–H and O–H groups in total. The normalized spacial score (nSPS) is 10.8. The van der Waals surface area contributed by atoms with Gasteiger partial charge in [-0.1, -0.05) is 40.5 Å². The number of rotatable bonds is 5. The summed E-state index contributed by atoms with van der Waals surface area (Å²) in [6.07, 6.45) is 3.22. The molecule has 0 aliphatic rings. The van der Waals surface area contributed by atoms with Gasteiger partial charge in [-0.25, -0.2) is 14.1 Å². The van der Waals surface area contributed by atoms with E-state index in [1.807, 2.05) is 6.92 Å². The van der Waals surface area contributed by atoms with Gasteiger partial charge in [0.1, 0.15) is 11.5 Å². The molecule has 0 saturated carbocycles. The zero-order valence-corrected chi connectivity index (χ0v) is 17.8. The highest BCUT2D eigenvalue weighted by Crippen LogP contribution is 2.28. The number of amides is 1. The van der Waals surface area contributed by atoms with Crippen LogP contribution in [0.4, 0.5) is 4.39 Å². The van der Waals surface area contributed by atoms with E-state index in [0.29, 0.717) is 27.1 Å². The molecule has 31 heavy (non-hydrogen) atoms. The molecule has 2 aromatic carbocycles. The topological polar surface area (TPSA) is 72.7 Å². The first-order valence-electron chi connectivity index (χ1n) is 9.28. The van der Waals surface area contributed by atoms with Crippen LogP contribution in [0.25, 0.3) is 16.9 Å². The van der Waals surface area contributed by atoms with Crippen molar-refractivity contribution in [2.24, 2.45) is 0 Å². The molecular weight excluding hydrogens is 440 g/mol. The monoisotopic (exact) mass is 455 g/mol. The number of nitrogens with zero attached hydrogens (tertiary/aromatic N) is 4. The van der Waals surface area contributed by atoms with Gasteiger partial charge in [-0.05, 0) is 53.9 Å². The molecule has 0 spiro atoms. The van der Waals surface area contributed by atoms with Crippen molar-refractivity contribution < 1.29 is 9.18 Å². The summed E-state index contributed by atoms with van der Waals surface area (Å²) < 4.78 is 14.9. The van der Waals surface area contributed by atoms with Gasteiger partial charge in [-0.2, -0.15) is 0 Å². The van der Waals surface area contributed by atoms with Gasteiger partial charge in [0, 0.05) is 17.3 Å². The Bertz CT molecular complexity index is 1270. The molecule has 0 saturated heterocycles. The maximum absolute atomic E-state index is 13.4. The Morgan fingerprint density at radius 3 is 2.74 bits per heavy atom. The van der Waals surface area contributed by atoms with Crippen LogP contribution in [0.5, 0.6) is 0 Å². The van der Waals surface area contributed by atoms with Crippen molar-refractivity contribution in [1.29, 1.82) is 0 Å². The first-order chi connectivity index (χ1) is 14.9. The number of carbonyl (C=O) groups is 1. The van der Waals surface area contributed by atoms with Gasteiger partial charge in [-0.3, -0.25) is 4.79 Å². The second-order valence-corrected chi connectivity index (χ2v) is 7.67. The third kappa shape index (κ3) is 4.73. The van der Waals surface area contributed by atoms with Crippen molar-refractivity contribution in [2.45, 2.75) is 13.5 Å². The number of benzene rings is 2. The summed E-state index contributed by atoms with van der Waals surface area (Å²) in [6.45, 7) is 1.96. The fourth-order valence-electron chi connectivity index (χ4n) is 3.09. The van der Waals surface area contributed by atoms with Gasteiger partial charge in [0.2, 0.25) is 0 Å². The van der Waals surface area contributed by atoms with Crippen molar-refractivity contribution in [2.75, 3.05) is 0 Å². The molecule has 9 heteroatoms. The molecule has 0 unspecified atom stereocenters. The SMILES string of the molecule is Cc1cc(F)ccc1-c1ccc(Cl)c(C(=O)NCc2cn(-c3cc(Cl)ccn3)nn2)c1. The van der Waals surface area contributed by atoms with Gasteiger partial charge in [0.15, 0.2) is 5.82 Å². The molecule has 0 aliphatic heterocycles. The first-order valence-corrected chi connectivity index (χ1v) is 10.0. The van der Waals surface area contributed by atoms with Gasteiger partial charge in [0.25, 0.3) is 5.91 Å². The van der Waals surface area contributed by atoms with Crippen molar-refractivity contribution in [3.8, 4) is 16.9 Å². The summed E-state index contributed by atoms with van der Waals surface area (Å²) in [6, 6.07) is 13.0. The van der Waals surface area contributed by atoms with E-state index in [0.717, 1.165) is 16.7 Å². The highest BCUT2D eigenvalue weighted by molar-refractivity contribution is 6.34. The lowest BCUT2D eigenvalue weighted by Gasteiger charge is -2.10. The second kappa shape index (κ2) is 8.83. The average Bonchev–Trinajstić information content (AvgIpc) is 3.22. The van der Waals surface area contributed by atoms with Crippen LogP contribution in [-0.4, -0.2) is 25.9 Å². The van der Waals surface area contributed by atoms with Crippen LogP contribution in [0.2, 0.25) is 10.0 Å². The predicted molar refractivity (Wildman–Crippen MR) is 117 cm³/mol. The number of hydrogen-bond donors (Lipinski definition) is 1. The third-order valence-corrected chi connectivity index (χ3v) is 5.19. The Labute approximate surface area is 187 Å². The van der Waals surface area contributed by atoms with E-state index in [2.05, 4.69) is 20.6 Å². The average molecular weight is 456 g/mol. The Morgan fingerprint density at radius 1 is 1.13 bits per heavy atom. The zero-order valence-electron chi connectivity index (χ0n) is 16.3. The molecule has 4 aromatic rings. The van der Waals surface area contributed by atoms with E-state index < -0.39 is 0 Å². The van der Waals surface area contributed by atoms with Crippen LogP contribution in [0.3, 0.4) is 0 Å². The maximum atomic E-state index is 13.4. The minimum Gasteiger partial charge on any atom is -0.346 e. The molecule has 4 rings (SSSR count). The lowest BCUT2D eigenvalue weighted by Crippen LogP contribution is -2.23. The number of nitrogens with one attached hydrogen (secondary N) is 1. The van der Waals surface area contributed by atoms with Crippen LogP contribution in [0.15, 0.2) is 60.9 Å². The molecule has 2 aromatic heterocycles. The molecular formula is C22H16Cl2FN5O. The fourth-order valence-corrected chi connectivity index (χ4v) is 3.45. The standard InChI is InChI=1S/C22H16Cl2FN5O/c1-13-8-16(25)3-4-18(13)14-2-5-20(24)19(9-14)22(31)27-11-17-12-30(29-28-17)21-10-15(23)6-7-26-21/h2-10,12H,11H2,1H3,(H,27,31). The molecule has 0 fully saturated rings. The van der Waals surface area contributed by atoms with Crippen LogP contribution in [0, 0.1) is 12.7 Å². The summed E-state index contributed by atoms with van der Waals surface area (Å²) >= 11 is 12.2. The van der Waals surface area contributed by atoms with E-state index >= 15 is 0 Å². The smallest absolute Gasteiger partial charge is 0.253 e. The zero-order chi connectivity index (χ0) is 22.0. The largest absolute Gasteiger partial charge is 0.346 e. The highest BCUT2D eigenvalue weighted by atomic mass is 35.5. The molecule has 6 nitrogen and oxygen atoms in total. The maximum Gasteiger partial charge on any atom is 0.253 e. The second-order valence-electron chi connectivity index (χ2n) is 6.82.